The highest BCUT2D eigenvalue weighted by atomic mass is 19.1. The maximum atomic E-state index is 13.0. The number of amides is 1. The lowest BCUT2D eigenvalue weighted by Crippen LogP contribution is -2.44. The molecule has 2 aromatic rings. The Morgan fingerprint density at radius 1 is 1.17 bits per heavy atom. The minimum absolute atomic E-state index is 0.0398. The van der Waals surface area contributed by atoms with E-state index in [4.69, 9.17) is 4.42 Å². The van der Waals surface area contributed by atoms with Crippen LogP contribution in [0.4, 0.5) is 10.1 Å². The summed E-state index contributed by atoms with van der Waals surface area (Å²) in [7, 11) is 0. The van der Waals surface area contributed by atoms with Gasteiger partial charge in [-0.1, -0.05) is 6.42 Å². The molecule has 1 aliphatic rings. The van der Waals surface area contributed by atoms with Crippen molar-refractivity contribution in [2.75, 3.05) is 38.0 Å². The van der Waals surface area contributed by atoms with Crippen LogP contribution in [0.15, 0.2) is 52.1 Å². The van der Waals surface area contributed by atoms with E-state index in [0.717, 1.165) is 18.8 Å². The maximum Gasteiger partial charge on any atom is 0.246 e. The molecule has 0 radical (unpaired) electrons. The lowest BCUT2D eigenvalue weighted by atomic mass is 10.1. The van der Waals surface area contributed by atoms with Gasteiger partial charge in [-0.25, -0.2) is 9.38 Å². The minimum atomic E-state index is -0.343. The lowest BCUT2D eigenvalue weighted by molar-refractivity contribution is -0.114. The number of likely N-dealkylation sites (tertiary alicyclic amines) is 1. The predicted molar refractivity (Wildman–Crippen MR) is 116 cm³/mol. The highest BCUT2D eigenvalue weighted by molar-refractivity contribution is 5.94. The van der Waals surface area contributed by atoms with Crippen molar-refractivity contribution in [3.63, 3.8) is 0 Å². The third-order valence-electron chi connectivity index (χ3n) is 5.02. The Morgan fingerprint density at radius 3 is 2.60 bits per heavy atom. The van der Waals surface area contributed by atoms with E-state index in [1.165, 1.54) is 43.5 Å². The number of furan rings is 1. The fraction of sp³-hybridized carbons (Fsp3) is 0.455. The van der Waals surface area contributed by atoms with Gasteiger partial charge in [0, 0.05) is 18.8 Å². The highest BCUT2D eigenvalue weighted by Gasteiger charge is 2.24. The number of carbonyl (C=O) groups excluding carboxylic acids is 1. The molecule has 1 unspecified atom stereocenters. The molecule has 162 valence electrons. The molecule has 0 aliphatic carbocycles. The van der Waals surface area contributed by atoms with Crippen molar-refractivity contribution in [1.29, 1.82) is 0 Å². The third-order valence-corrected chi connectivity index (χ3v) is 5.02. The SMILES string of the molecule is CCNC(=NCC(=O)Nc1ccc(F)cc1)NCC(c1ccco1)N1CCCCC1. The van der Waals surface area contributed by atoms with E-state index in [9.17, 15) is 9.18 Å². The number of hydrogen-bond donors (Lipinski definition) is 3. The van der Waals surface area contributed by atoms with Crippen molar-refractivity contribution in [3.8, 4) is 0 Å². The Labute approximate surface area is 176 Å². The summed E-state index contributed by atoms with van der Waals surface area (Å²) in [6, 6.07) is 9.67. The summed E-state index contributed by atoms with van der Waals surface area (Å²) in [5, 5.41) is 9.23. The number of guanidine groups is 1. The molecule has 3 N–H and O–H groups in total. The van der Waals surface area contributed by atoms with E-state index in [2.05, 4.69) is 25.8 Å². The summed E-state index contributed by atoms with van der Waals surface area (Å²) in [5.74, 6) is 0.886. The second kappa shape index (κ2) is 11.3. The van der Waals surface area contributed by atoms with Crippen molar-refractivity contribution >= 4 is 17.6 Å². The molecule has 1 atom stereocenters. The summed E-state index contributed by atoms with van der Waals surface area (Å²) in [5.41, 5.74) is 0.539. The fourth-order valence-corrected chi connectivity index (χ4v) is 3.54. The third kappa shape index (κ3) is 6.59. The summed E-state index contributed by atoms with van der Waals surface area (Å²) in [4.78, 5) is 19.0. The zero-order valence-electron chi connectivity index (χ0n) is 17.4. The van der Waals surface area contributed by atoms with E-state index in [1.807, 2.05) is 19.1 Å². The number of nitrogens with zero attached hydrogens (tertiary/aromatic N) is 2. The van der Waals surface area contributed by atoms with Crippen LogP contribution in [0.2, 0.25) is 0 Å². The summed E-state index contributed by atoms with van der Waals surface area (Å²) >= 11 is 0. The van der Waals surface area contributed by atoms with Gasteiger partial charge in [0.2, 0.25) is 5.91 Å². The Hall–Kier alpha value is -2.87. The van der Waals surface area contributed by atoms with Gasteiger partial charge in [0.05, 0.1) is 12.3 Å². The first kappa shape index (κ1) is 21.8. The second-order valence-corrected chi connectivity index (χ2v) is 7.26. The first-order valence-corrected chi connectivity index (χ1v) is 10.5. The molecule has 0 bridgehead atoms. The quantitative estimate of drug-likeness (QED) is 0.456. The van der Waals surface area contributed by atoms with E-state index in [1.54, 1.807) is 6.26 Å². The number of benzene rings is 1. The van der Waals surface area contributed by atoms with Crippen molar-refractivity contribution < 1.29 is 13.6 Å². The number of aliphatic imine (C=N–C) groups is 1. The van der Waals surface area contributed by atoms with Crippen LogP contribution < -0.4 is 16.0 Å². The number of halogens is 1. The molecule has 30 heavy (non-hydrogen) atoms. The van der Waals surface area contributed by atoms with E-state index >= 15 is 0 Å². The van der Waals surface area contributed by atoms with Gasteiger partial charge in [0.15, 0.2) is 5.96 Å². The molecule has 8 heteroatoms. The second-order valence-electron chi connectivity index (χ2n) is 7.26. The Kier molecular flexibility index (Phi) is 8.26. The van der Waals surface area contributed by atoms with Gasteiger partial charge in [0.1, 0.15) is 18.1 Å². The minimum Gasteiger partial charge on any atom is -0.468 e. The molecule has 0 spiro atoms. The van der Waals surface area contributed by atoms with Gasteiger partial charge in [-0.3, -0.25) is 9.69 Å². The van der Waals surface area contributed by atoms with E-state index in [-0.39, 0.29) is 24.3 Å². The standard InChI is InChI=1S/C22H30FN5O2/c1-2-24-22(26-16-21(29)27-18-10-8-17(23)9-11-18)25-15-19(20-7-6-14-30-20)28-12-4-3-5-13-28/h6-11,14,19H,2-5,12-13,15-16H2,1H3,(H,27,29)(H2,24,25,26). The lowest BCUT2D eigenvalue weighted by Gasteiger charge is -2.33. The Bertz CT molecular complexity index is 801. The van der Waals surface area contributed by atoms with Gasteiger partial charge in [-0.15, -0.1) is 0 Å². The number of hydrogen-bond acceptors (Lipinski definition) is 4. The molecule has 1 saturated heterocycles. The van der Waals surface area contributed by atoms with Crippen molar-refractivity contribution in [3.05, 3.63) is 54.2 Å². The molecule has 0 saturated carbocycles. The number of rotatable bonds is 8. The fourth-order valence-electron chi connectivity index (χ4n) is 3.54. The number of carbonyl (C=O) groups is 1. The van der Waals surface area contributed by atoms with Gasteiger partial charge >= 0.3 is 0 Å². The monoisotopic (exact) mass is 415 g/mol. The Balaban J connectivity index is 1.58. The van der Waals surface area contributed by atoms with E-state index < -0.39 is 0 Å². The van der Waals surface area contributed by atoms with Crippen LogP contribution in [-0.4, -0.2) is 49.5 Å². The Morgan fingerprint density at radius 2 is 1.93 bits per heavy atom. The van der Waals surface area contributed by atoms with Gasteiger partial charge in [0.25, 0.3) is 0 Å². The summed E-state index contributed by atoms with van der Waals surface area (Å²) in [6.07, 6.45) is 5.34. The van der Waals surface area contributed by atoms with Crippen molar-refractivity contribution in [2.45, 2.75) is 32.2 Å². The van der Waals surface area contributed by atoms with Crippen molar-refractivity contribution in [1.82, 2.24) is 15.5 Å². The van der Waals surface area contributed by atoms with Gasteiger partial charge in [-0.2, -0.15) is 0 Å². The molecular formula is C22H30FN5O2. The topological polar surface area (TPSA) is 81.9 Å². The summed E-state index contributed by atoms with van der Waals surface area (Å²) in [6.45, 7) is 5.33. The number of piperidine rings is 1. The van der Waals surface area contributed by atoms with Crippen molar-refractivity contribution in [2.24, 2.45) is 4.99 Å². The number of anilines is 1. The normalized spacial score (nSPS) is 16.1. The van der Waals surface area contributed by atoms with Crippen LogP contribution in [0.1, 0.15) is 38.0 Å². The first-order valence-electron chi connectivity index (χ1n) is 10.5. The van der Waals surface area contributed by atoms with Crippen LogP contribution in [0, 0.1) is 5.82 Å². The average Bonchev–Trinajstić information content (AvgIpc) is 3.29. The molecule has 1 aliphatic heterocycles. The number of nitrogens with one attached hydrogen (secondary N) is 3. The smallest absolute Gasteiger partial charge is 0.246 e. The van der Waals surface area contributed by atoms with Crippen LogP contribution in [-0.2, 0) is 4.79 Å². The zero-order chi connectivity index (χ0) is 21.2. The predicted octanol–water partition coefficient (Wildman–Crippen LogP) is 3.14. The molecule has 1 amide bonds. The molecule has 1 fully saturated rings. The largest absolute Gasteiger partial charge is 0.468 e. The zero-order valence-corrected chi connectivity index (χ0v) is 17.4. The van der Waals surface area contributed by atoms with E-state index in [0.29, 0.717) is 24.7 Å². The van der Waals surface area contributed by atoms with Crippen LogP contribution in [0.5, 0.6) is 0 Å². The van der Waals surface area contributed by atoms with Crippen LogP contribution in [0.3, 0.4) is 0 Å². The average molecular weight is 416 g/mol. The molecular weight excluding hydrogens is 385 g/mol. The maximum absolute atomic E-state index is 13.0. The molecule has 7 nitrogen and oxygen atoms in total. The molecule has 3 rings (SSSR count). The first-order chi connectivity index (χ1) is 14.7. The van der Waals surface area contributed by atoms with Crippen LogP contribution >= 0.6 is 0 Å². The highest BCUT2D eigenvalue weighted by Crippen LogP contribution is 2.24. The van der Waals surface area contributed by atoms with Crippen LogP contribution in [0.25, 0.3) is 0 Å². The molecule has 1 aromatic heterocycles. The summed E-state index contributed by atoms with van der Waals surface area (Å²) < 4.78 is 18.7. The molecule has 1 aromatic carbocycles. The van der Waals surface area contributed by atoms with Gasteiger partial charge in [-0.05, 0) is 69.3 Å². The molecule has 2 heterocycles. The van der Waals surface area contributed by atoms with Gasteiger partial charge < -0.3 is 20.4 Å².